The van der Waals surface area contributed by atoms with Crippen LogP contribution in [0.5, 0.6) is 0 Å². The number of aromatic nitrogens is 4. The molecule has 0 spiro atoms. The quantitative estimate of drug-likeness (QED) is 0.494. The first kappa shape index (κ1) is 15.1. The smallest absolute Gasteiger partial charge is 0.305 e. The lowest BCUT2D eigenvalue weighted by molar-refractivity contribution is -0.0539. The maximum absolute atomic E-state index is 13.2. The Morgan fingerprint density at radius 1 is 1.41 bits per heavy atom. The van der Waals surface area contributed by atoms with Crippen LogP contribution in [-0.4, -0.2) is 59.8 Å². The molecule has 4 atom stereocenters. The molecule has 3 rings (SSSR count). The summed E-state index contributed by atoms with van der Waals surface area (Å²) in [6, 6.07) is 0. The van der Waals surface area contributed by atoms with E-state index in [0.717, 1.165) is 0 Å². The van der Waals surface area contributed by atoms with Gasteiger partial charge in [0.2, 0.25) is 4.77 Å². The van der Waals surface area contributed by atoms with Gasteiger partial charge in [0.15, 0.2) is 11.9 Å². The fraction of sp³-hybridized carbons (Fsp3) is 0.455. The van der Waals surface area contributed by atoms with Crippen molar-refractivity contribution < 1.29 is 24.4 Å². The van der Waals surface area contributed by atoms with Crippen molar-refractivity contribution in [2.24, 2.45) is 0 Å². The number of aliphatic hydroxyl groups excluding tert-OH is 3. The van der Waals surface area contributed by atoms with Gasteiger partial charge in [0.05, 0.1) is 6.61 Å². The number of hydrogen-bond donors (Lipinski definition) is 4. The van der Waals surface area contributed by atoms with E-state index >= 15 is 0 Å². The van der Waals surface area contributed by atoms with Crippen molar-refractivity contribution in [2.75, 3.05) is 6.61 Å². The zero-order valence-corrected chi connectivity index (χ0v) is 11.7. The highest BCUT2D eigenvalue weighted by atomic mass is 32.1. The minimum atomic E-state index is -1.37. The topological polar surface area (TPSA) is 133 Å². The maximum atomic E-state index is 13.2. The van der Waals surface area contributed by atoms with Crippen LogP contribution in [0.2, 0.25) is 0 Å². The fourth-order valence-corrected chi connectivity index (χ4v) is 2.49. The summed E-state index contributed by atoms with van der Waals surface area (Å²) < 4.78 is 19.7. The summed E-state index contributed by atoms with van der Waals surface area (Å²) in [7, 11) is 0. The largest absolute Gasteiger partial charge is 0.394 e. The molecule has 1 fully saturated rings. The number of halogens is 1. The number of aliphatic hydroxyl groups is 3. The third kappa shape index (κ3) is 2.32. The molecular formula is C11H11FN4O5S. The van der Waals surface area contributed by atoms with Crippen LogP contribution in [0.25, 0.3) is 11.2 Å². The Labute approximate surface area is 126 Å². The molecule has 3 heterocycles. The van der Waals surface area contributed by atoms with Crippen LogP contribution in [0.3, 0.4) is 0 Å². The Morgan fingerprint density at radius 3 is 2.77 bits per heavy atom. The zero-order chi connectivity index (χ0) is 16.0. The number of nitrogens with one attached hydrogen (secondary N) is 1. The first-order chi connectivity index (χ1) is 10.4. The van der Waals surface area contributed by atoms with Crippen LogP contribution < -0.4 is 5.56 Å². The highest BCUT2D eigenvalue weighted by molar-refractivity contribution is 7.71. The van der Waals surface area contributed by atoms with Gasteiger partial charge in [-0.2, -0.15) is 9.37 Å². The second-order valence-corrected chi connectivity index (χ2v) is 5.12. The number of aromatic amines is 1. The normalized spacial score (nSPS) is 28.4. The molecule has 1 saturated heterocycles. The van der Waals surface area contributed by atoms with Crippen LogP contribution in [0, 0.1) is 10.7 Å². The molecule has 0 bridgehead atoms. The van der Waals surface area contributed by atoms with Crippen LogP contribution in [0.15, 0.2) is 11.0 Å². The van der Waals surface area contributed by atoms with Gasteiger partial charge in [0.1, 0.15) is 23.8 Å². The van der Waals surface area contributed by atoms with Crippen molar-refractivity contribution in [3.63, 3.8) is 0 Å². The lowest BCUT2D eigenvalue weighted by atomic mass is 10.1. The molecule has 4 unspecified atom stereocenters. The van der Waals surface area contributed by atoms with E-state index < -0.39 is 42.7 Å². The van der Waals surface area contributed by atoms with E-state index in [9.17, 15) is 19.4 Å². The minimum absolute atomic E-state index is 0.0107. The average molecular weight is 330 g/mol. The summed E-state index contributed by atoms with van der Waals surface area (Å²) in [6.07, 6.45) is -3.54. The fourth-order valence-electron chi connectivity index (χ4n) is 2.24. The number of nitrogens with zero attached hydrogens (tertiary/aromatic N) is 3. The zero-order valence-electron chi connectivity index (χ0n) is 10.9. The summed E-state index contributed by atoms with van der Waals surface area (Å²) in [5, 5.41) is 28.8. The molecule has 4 N–H and O–H groups in total. The van der Waals surface area contributed by atoms with E-state index in [1.165, 1.54) is 10.8 Å². The number of H-pyrrole nitrogens is 1. The van der Waals surface area contributed by atoms with Crippen molar-refractivity contribution in [2.45, 2.75) is 24.5 Å². The summed E-state index contributed by atoms with van der Waals surface area (Å²) in [4.78, 5) is 20.7. The summed E-state index contributed by atoms with van der Waals surface area (Å²) in [5.74, 6) is -1.24. The number of fused-ring (bicyclic) bond motifs is 1. The molecule has 0 aromatic carbocycles. The monoisotopic (exact) mass is 330 g/mol. The van der Waals surface area contributed by atoms with E-state index in [1.807, 2.05) is 0 Å². The first-order valence-corrected chi connectivity index (χ1v) is 6.64. The van der Waals surface area contributed by atoms with Crippen molar-refractivity contribution in [1.29, 1.82) is 0 Å². The molecule has 9 nitrogen and oxygen atoms in total. The second kappa shape index (κ2) is 5.44. The number of rotatable bonds is 2. The van der Waals surface area contributed by atoms with E-state index in [2.05, 4.69) is 15.0 Å². The van der Waals surface area contributed by atoms with Crippen LogP contribution in [0.4, 0.5) is 4.39 Å². The Hall–Kier alpha value is -1.79. The predicted molar refractivity (Wildman–Crippen MR) is 72.0 cm³/mol. The van der Waals surface area contributed by atoms with Crippen molar-refractivity contribution in [1.82, 2.24) is 19.5 Å². The molecule has 0 amide bonds. The van der Waals surface area contributed by atoms with Gasteiger partial charge in [-0.15, -0.1) is 0 Å². The Morgan fingerprint density at radius 2 is 2.14 bits per heavy atom. The minimum Gasteiger partial charge on any atom is -0.394 e. The average Bonchev–Trinajstić information content (AvgIpc) is 2.76. The van der Waals surface area contributed by atoms with Gasteiger partial charge >= 0.3 is 5.56 Å². The summed E-state index contributed by atoms with van der Waals surface area (Å²) >= 11 is 5.03. The highest BCUT2D eigenvalue weighted by Crippen LogP contribution is 2.29. The molecule has 1 aliphatic heterocycles. The van der Waals surface area contributed by atoms with Crippen molar-refractivity contribution >= 4 is 23.4 Å². The van der Waals surface area contributed by atoms with Gasteiger partial charge in [-0.3, -0.25) is 9.36 Å². The molecule has 2 aromatic heterocycles. The van der Waals surface area contributed by atoms with Gasteiger partial charge in [-0.1, -0.05) is 0 Å². The van der Waals surface area contributed by atoms with E-state index in [-0.39, 0.29) is 15.9 Å². The first-order valence-electron chi connectivity index (χ1n) is 6.23. The third-order valence-corrected chi connectivity index (χ3v) is 3.66. The van der Waals surface area contributed by atoms with E-state index in [1.54, 1.807) is 0 Å². The molecule has 2 aromatic rings. The predicted octanol–water partition coefficient (Wildman–Crippen LogP) is -1.40. The van der Waals surface area contributed by atoms with Crippen LogP contribution in [0.1, 0.15) is 6.23 Å². The highest BCUT2D eigenvalue weighted by Gasteiger charge is 2.43. The van der Waals surface area contributed by atoms with E-state index in [4.69, 9.17) is 22.1 Å². The van der Waals surface area contributed by atoms with Gasteiger partial charge in [0, 0.05) is 6.20 Å². The van der Waals surface area contributed by atoms with E-state index in [0.29, 0.717) is 0 Å². The standard InChI is InChI=1S/C11H11FN4O5S/c12-7-9(20)14-8-3(13-7)1-16(11(22)15-8)10-6(19)5(18)4(2-17)21-10/h1,4-6,10,17-19H,2H2,(H,14,15,20,22). The van der Waals surface area contributed by atoms with Gasteiger partial charge in [-0.25, -0.2) is 4.98 Å². The summed E-state index contributed by atoms with van der Waals surface area (Å²) in [6.45, 7) is -0.497. The second-order valence-electron chi connectivity index (χ2n) is 4.75. The van der Waals surface area contributed by atoms with Gasteiger partial charge < -0.3 is 25.0 Å². The van der Waals surface area contributed by atoms with Crippen LogP contribution in [-0.2, 0) is 4.74 Å². The lowest BCUT2D eigenvalue weighted by Crippen LogP contribution is -2.33. The molecule has 22 heavy (non-hydrogen) atoms. The lowest BCUT2D eigenvalue weighted by Gasteiger charge is -2.18. The Kier molecular flexibility index (Phi) is 3.74. The SMILES string of the molecule is O=c1[nH]c2nc(=S)n(C3OC(CO)C(O)C3O)cc2nc1F. The molecule has 0 aliphatic carbocycles. The summed E-state index contributed by atoms with van der Waals surface area (Å²) in [5.41, 5.74) is -1.05. The van der Waals surface area contributed by atoms with Crippen molar-refractivity contribution in [3.8, 4) is 0 Å². The van der Waals surface area contributed by atoms with Crippen LogP contribution >= 0.6 is 12.2 Å². The molecular weight excluding hydrogens is 319 g/mol. The van der Waals surface area contributed by atoms with Gasteiger partial charge in [0.25, 0.3) is 5.95 Å². The Bertz CT molecular complexity index is 839. The molecule has 118 valence electrons. The number of ether oxygens (including phenoxy) is 1. The van der Waals surface area contributed by atoms with Crippen molar-refractivity contribution in [3.05, 3.63) is 27.3 Å². The third-order valence-electron chi connectivity index (χ3n) is 3.36. The Balaban J connectivity index is 2.12. The van der Waals surface area contributed by atoms with Gasteiger partial charge in [-0.05, 0) is 12.2 Å². The molecule has 1 aliphatic rings. The number of hydrogen-bond acceptors (Lipinski definition) is 8. The molecule has 0 radical (unpaired) electrons. The maximum Gasteiger partial charge on any atom is 0.305 e. The molecule has 11 heteroatoms. The molecule has 0 saturated carbocycles.